The van der Waals surface area contributed by atoms with Gasteiger partial charge in [0.1, 0.15) is 5.66 Å². The summed E-state index contributed by atoms with van der Waals surface area (Å²) in [7, 11) is 0. The average Bonchev–Trinajstić information content (AvgIpc) is 2.05. The molecule has 1 fully saturated rings. The number of hydrogen-bond acceptors (Lipinski definition) is 4. The standard InChI is InChI=1S/C7H12NO2PS/c1-2-10-11(9)7(6-8)4-3-5-12-11/h7H,2-5H2,1H3/t7-,11-/m1/s1. The van der Waals surface area contributed by atoms with Gasteiger partial charge in [-0.3, -0.25) is 4.57 Å². The predicted molar refractivity (Wildman–Crippen MR) is 50.3 cm³/mol. The molecule has 0 bridgehead atoms. The fourth-order valence-corrected chi connectivity index (χ4v) is 5.83. The van der Waals surface area contributed by atoms with E-state index in [1.165, 1.54) is 11.4 Å². The van der Waals surface area contributed by atoms with Gasteiger partial charge in [-0.25, -0.2) is 0 Å². The quantitative estimate of drug-likeness (QED) is 0.650. The molecule has 0 amide bonds. The van der Waals surface area contributed by atoms with Crippen LogP contribution in [0.4, 0.5) is 0 Å². The van der Waals surface area contributed by atoms with Gasteiger partial charge >= 0.3 is 0 Å². The van der Waals surface area contributed by atoms with Crippen LogP contribution in [0.5, 0.6) is 0 Å². The Morgan fingerprint density at radius 2 is 2.58 bits per heavy atom. The predicted octanol–water partition coefficient (Wildman–Crippen LogP) is 2.64. The Morgan fingerprint density at radius 3 is 3.17 bits per heavy atom. The van der Waals surface area contributed by atoms with E-state index in [1.54, 1.807) is 0 Å². The van der Waals surface area contributed by atoms with Gasteiger partial charge < -0.3 is 4.52 Å². The molecule has 1 heterocycles. The second-order valence-electron chi connectivity index (χ2n) is 2.58. The Kier molecular flexibility index (Phi) is 3.64. The molecule has 0 spiro atoms. The first-order chi connectivity index (χ1) is 5.73. The fraction of sp³-hybridized carbons (Fsp3) is 0.857. The van der Waals surface area contributed by atoms with Gasteiger partial charge in [0.25, 0.3) is 6.57 Å². The minimum absolute atomic E-state index is 0.379. The lowest BCUT2D eigenvalue weighted by atomic mass is 10.3. The Hall–Kier alpha value is 0.0300. The largest absolute Gasteiger partial charge is 0.320 e. The zero-order valence-electron chi connectivity index (χ0n) is 7.02. The normalized spacial score (nSPS) is 35.8. The van der Waals surface area contributed by atoms with E-state index in [-0.39, 0.29) is 5.66 Å². The summed E-state index contributed by atoms with van der Waals surface area (Å²) in [5.41, 5.74) is -0.379. The van der Waals surface area contributed by atoms with Gasteiger partial charge in [-0.05, 0) is 19.8 Å². The maximum absolute atomic E-state index is 11.9. The van der Waals surface area contributed by atoms with Crippen molar-refractivity contribution in [3.8, 4) is 6.07 Å². The molecule has 0 aromatic heterocycles. The molecule has 0 N–H and O–H groups in total. The minimum Gasteiger partial charge on any atom is -0.320 e. The van der Waals surface area contributed by atoms with Crippen molar-refractivity contribution >= 4 is 18.0 Å². The van der Waals surface area contributed by atoms with Crippen molar-refractivity contribution in [3.05, 3.63) is 0 Å². The third kappa shape index (κ3) is 2.04. The van der Waals surface area contributed by atoms with E-state index >= 15 is 0 Å². The molecule has 68 valence electrons. The lowest BCUT2D eigenvalue weighted by molar-refractivity contribution is 0.340. The van der Waals surface area contributed by atoms with Crippen molar-refractivity contribution in [1.29, 1.82) is 5.26 Å². The molecule has 0 saturated carbocycles. The Bertz CT molecular complexity index is 232. The Morgan fingerprint density at radius 1 is 1.83 bits per heavy atom. The van der Waals surface area contributed by atoms with Crippen LogP contribution in [0.25, 0.3) is 0 Å². The van der Waals surface area contributed by atoms with Gasteiger partial charge in [-0.2, -0.15) is 5.26 Å². The number of hydrogen-bond donors (Lipinski definition) is 0. The van der Waals surface area contributed by atoms with Gasteiger partial charge in [-0.1, -0.05) is 11.4 Å². The second-order valence-corrected chi connectivity index (χ2v) is 7.51. The SMILES string of the molecule is CCO[P@@]1(=O)SCCC[C@@H]1C#N. The van der Waals surface area contributed by atoms with Gasteiger partial charge in [-0.15, -0.1) is 0 Å². The molecule has 0 unspecified atom stereocenters. The monoisotopic (exact) mass is 205 g/mol. The van der Waals surface area contributed by atoms with Crippen LogP contribution >= 0.6 is 18.0 Å². The Labute approximate surface area is 76.7 Å². The molecule has 0 aromatic rings. The van der Waals surface area contributed by atoms with Gasteiger partial charge in [0, 0.05) is 5.75 Å². The molecule has 0 aromatic carbocycles. The van der Waals surface area contributed by atoms with Crippen LogP contribution in [0.2, 0.25) is 0 Å². The average molecular weight is 205 g/mol. The van der Waals surface area contributed by atoms with Crippen molar-refractivity contribution in [2.75, 3.05) is 12.4 Å². The first kappa shape index (κ1) is 10.1. The van der Waals surface area contributed by atoms with Crippen LogP contribution in [0.15, 0.2) is 0 Å². The lowest BCUT2D eigenvalue weighted by Crippen LogP contribution is -2.11. The highest BCUT2D eigenvalue weighted by Crippen LogP contribution is 2.66. The van der Waals surface area contributed by atoms with Crippen LogP contribution in [0.3, 0.4) is 0 Å². The number of rotatable bonds is 2. The fourth-order valence-electron chi connectivity index (χ4n) is 1.16. The zero-order valence-corrected chi connectivity index (χ0v) is 8.74. The zero-order chi connectivity index (χ0) is 9.03. The summed E-state index contributed by atoms with van der Waals surface area (Å²) in [5.74, 6) is 0.857. The van der Waals surface area contributed by atoms with Crippen LogP contribution < -0.4 is 0 Å². The molecule has 1 aliphatic heterocycles. The molecule has 2 atom stereocenters. The van der Waals surface area contributed by atoms with Gasteiger partial charge in [0.15, 0.2) is 0 Å². The number of nitriles is 1. The van der Waals surface area contributed by atoms with Crippen molar-refractivity contribution in [2.24, 2.45) is 0 Å². The molecule has 1 aliphatic rings. The summed E-state index contributed by atoms with van der Waals surface area (Å²) < 4.78 is 17.1. The maximum Gasteiger partial charge on any atom is 0.274 e. The van der Waals surface area contributed by atoms with E-state index in [2.05, 4.69) is 6.07 Å². The van der Waals surface area contributed by atoms with Crippen LogP contribution in [-0.4, -0.2) is 18.0 Å². The van der Waals surface area contributed by atoms with E-state index in [4.69, 9.17) is 9.79 Å². The van der Waals surface area contributed by atoms with E-state index < -0.39 is 6.57 Å². The van der Waals surface area contributed by atoms with Crippen molar-refractivity contribution in [3.63, 3.8) is 0 Å². The first-order valence-corrected chi connectivity index (χ1v) is 7.30. The summed E-state index contributed by atoms with van der Waals surface area (Å²) in [4.78, 5) is 0. The molecule has 1 rings (SSSR count). The molecular formula is C7H12NO2PS. The van der Waals surface area contributed by atoms with Crippen LogP contribution in [0.1, 0.15) is 19.8 Å². The highest BCUT2D eigenvalue weighted by Gasteiger charge is 2.37. The maximum atomic E-state index is 11.9. The first-order valence-electron chi connectivity index (χ1n) is 4.01. The van der Waals surface area contributed by atoms with E-state index in [1.807, 2.05) is 6.92 Å². The highest BCUT2D eigenvalue weighted by atomic mass is 32.7. The third-order valence-corrected chi connectivity index (χ3v) is 7.03. The molecule has 5 heteroatoms. The third-order valence-electron chi connectivity index (χ3n) is 1.73. The molecule has 0 radical (unpaired) electrons. The van der Waals surface area contributed by atoms with E-state index in [0.717, 1.165) is 18.6 Å². The van der Waals surface area contributed by atoms with Crippen molar-refractivity contribution in [2.45, 2.75) is 25.4 Å². The van der Waals surface area contributed by atoms with Gasteiger partial charge in [0.2, 0.25) is 0 Å². The van der Waals surface area contributed by atoms with Crippen LogP contribution in [0, 0.1) is 11.3 Å². The van der Waals surface area contributed by atoms with Crippen LogP contribution in [-0.2, 0) is 9.09 Å². The highest BCUT2D eigenvalue weighted by molar-refractivity contribution is 8.56. The molecule has 1 saturated heterocycles. The van der Waals surface area contributed by atoms with E-state index in [0.29, 0.717) is 6.61 Å². The summed E-state index contributed by atoms with van der Waals surface area (Å²) in [6.45, 7) is -0.426. The second kappa shape index (κ2) is 4.32. The topological polar surface area (TPSA) is 50.1 Å². The molecule has 12 heavy (non-hydrogen) atoms. The lowest BCUT2D eigenvalue weighted by Gasteiger charge is -2.25. The van der Waals surface area contributed by atoms with Crippen molar-refractivity contribution in [1.82, 2.24) is 0 Å². The summed E-state index contributed by atoms with van der Waals surface area (Å²) >= 11 is 1.33. The molecule has 3 nitrogen and oxygen atoms in total. The summed E-state index contributed by atoms with van der Waals surface area (Å²) in [6.07, 6.45) is 1.70. The minimum atomic E-state index is -2.67. The molecular weight excluding hydrogens is 193 g/mol. The summed E-state index contributed by atoms with van der Waals surface area (Å²) in [6, 6.07) is 2.07. The molecule has 0 aliphatic carbocycles. The Balaban J connectivity index is 2.70. The summed E-state index contributed by atoms with van der Waals surface area (Å²) in [5, 5.41) is 8.74. The number of nitrogens with zero attached hydrogens (tertiary/aromatic N) is 1. The van der Waals surface area contributed by atoms with E-state index in [9.17, 15) is 4.57 Å². The van der Waals surface area contributed by atoms with Crippen molar-refractivity contribution < 1.29 is 9.09 Å². The smallest absolute Gasteiger partial charge is 0.274 e. The van der Waals surface area contributed by atoms with Gasteiger partial charge in [0.05, 0.1) is 12.7 Å².